The first-order chi connectivity index (χ1) is 9.63. The summed E-state index contributed by atoms with van der Waals surface area (Å²) in [6.07, 6.45) is 0.937. The number of benzene rings is 1. The van der Waals surface area contributed by atoms with Gasteiger partial charge < -0.3 is 15.5 Å². The van der Waals surface area contributed by atoms with E-state index in [1.165, 1.54) is 7.05 Å². The van der Waals surface area contributed by atoms with Crippen LogP contribution in [0.3, 0.4) is 0 Å². The number of amides is 3. The fraction of sp³-hybridized carbons (Fsp3) is 0.429. The minimum absolute atomic E-state index is 0.305. The predicted molar refractivity (Wildman–Crippen MR) is 79.0 cm³/mol. The van der Waals surface area contributed by atoms with Gasteiger partial charge >= 0.3 is 6.03 Å². The topological polar surface area (TPSA) is 73.5 Å². The van der Waals surface area contributed by atoms with Crippen molar-refractivity contribution in [3.05, 3.63) is 24.3 Å². The number of nitrogens with one attached hydrogen (secondary N) is 3. The minimum atomic E-state index is -0.483. The van der Waals surface area contributed by atoms with Gasteiger partial charge in [-0.25, -0.2) is 4.79 Å². The SMILES string of the molecule is CNC(=O)NC(=O)C(C)N1CCCNc2ccccc21. The lowest BCUT2D eigenvalue weighted by Gasteiger charge is -2.29. The molecule has 0 spiro atoms. The molecule has 0 bridgehead atoms. The van der Waals surface area contributed by atoms with Gasteiger partial charge in [0.1, 0.15) is 6.04 Å². The van der Waals surface area contributed by atoms with Gasteiger partial charge in [-0.1, -0.05) is 12.1 Å². The molecule has 20 heavy (non-hydrogen) atoms. The fourth-order valence-electron chi connectivity index (χ4n) is 2.29. The van der Waals surface area contributed by atoms with Crippen LogP contribution in [0.2, 0.25) is 0 Å². The molecule has 0 aliphatic carbocycles. The Balaban J connectivity index is 2.19. The number of fused-ring (bicyclic) bond motifs is 1. The highest BCUT2D eigenvalue weighted by Crippen LogP contribution is 2.29. The van der Waals surface area contributed by atoms with Gasteiger partial charge in [0, 0.05) is 20.1 Å². The summed E-state index contributed by atoms with van der Waals surface area (Å²) < 4.78 is 0. The molecule has 0 radical (unpaired) electrons. The van der Waals surface area contributed by atoms with Crippen LogP contribution >= 0.6 is 0 Å². The van der Waals surface area contributed by atoms with Gasteiger partial charge in [-0.15, -0.1) is 0 Å². The van der Waals surface area contributed by atoms with E-state index in [2.05, 4.69) is 16.0 Å². The van der Waals surface area contributed by atoms with Crippen molar-refractivity contribution < 1.29 is 9.59 Å². The first kappa shape index (κ1) is 14.2. The van der Waals surface area contributed by atoms with Crippen LogP contribution in [-0.4, -0.2) is 38.1 Å². The number of hydrogen-bond donors (Lipinski definition) is 3. The van der Waals surface area contributed by atoms with Crippen molar-refractivity contribution in [2.75, 3.05) is 30.4 Å². The molecular weight excluding hydrogens is 256 g/mol. The van der Waals surface area contributed by atoms with E-state index in [0.717, 1.165) is 30.9 Å². The summed E-state index contributed by atoms with van der Waals surface area (Å²) in [5, 5.41) is 8.06. The number of hydrogen-bond acceptors (Lipinski definition) is 4. The van der Waals surface area contributed by atoms with Crippen molar-refractivity contribution >= 4 is 23.3 Å². The molecule has 108 valence electrons. The molecule has 1 aliphatic rings. The third-order valence-corrected chi connectivity index (χ3v) is 3.42. The number of carbonyl (C=O) groups is 2. The van der Waals surface area contributed by atoms with Crippen molar-refractivity contribution in [1.29, 1.82) is 0 Å². The Bertz CT molecular complexity index is 504. The van der Waals surface area contributed by atoms with E-state index in [9.17, 15) is 9.59 Å². The smallest absolute Gasteiger partial charge is 0.321 e. The average molecular weight is 276 g/mol. The molecule has 3 N–H and O–H groups in total. The quantitative estimate of drug-likeness (QED) is 0.757. The van der Waals surface area contributed by atoms with Gasteiger partial charge in [0.05, 0.1) is 11.4 Å². The lowest BCUT2D eigenvalue weighted by atomic mass is 10.2. The molecule has 6 heteroatoms. The second kappa shape index (κ2) is 6.27. The average Bonchev–Trinajstić information content (AvgIpc) is 2.68. The maximum atomic E-state index is 12.1. The van der Waals surface area contributed by atoms with Crippen LogP contribution in [0, 0.1) is 0 Å². The molecule has 0 saturated carbocycles. The maximum Gasteiger partial charge on any atom is 0.321 e. The Morgan fingerprint density at radius 2 is 2.10 bits per heavy atom. The molecule has 0 fully saturated rings. The molecule has 1 unspecified atom stereocenters. The number of carbonyl (C=O) groups excluding carboxylic acids is 2. The second-order valence-electron chi connectivity index (χ2n) is 4.74. The van der Waals surface area contributed by atoms with Crippen molar-refractivity contribution in [1.82, 2.24) is 10.6 Å². The van der Waals surface area contributed by atoms with Gasteiger partial charge in [0.15, 0.2) is 0 Å². The number of para-hydroxylation sites is 2. The molecule has 1 aromatic carbocycles. The number of nitrogens with zero attached hydrogens (tertiary/aromatic N) is 1. The van der Waals surface area contributed by atoms with Gasteiger partial charge in [-0.3, -0.25) is 10.1 Å². The first-order valence-corrected chi connectivity index (χ1v) is 6.75. The van der Waals surface area contributed by atoms with Crippen molar-refractivity contribution in [3.63, 3.8) is 0 Å². The Labute approximate surface area is 118 Å². The van der Waals surface area contributed by atoms with Crippen LogP contribution in [-0.2, 0) is 4.79 Å². The third-order valence-electron chi connectivity index (χ3n) is 3.42. The Kier molecular flexibility index (Phi) is 4.45. The van der Waals surface area contributed by atoms with Gasteiger partial charge in [0.25, 0.3) is 0 Å². The molecule has 0 saturated heterocycles. The molecule has 1 atom stereocenters. The maximum absolute atomic E-state index is 12.1. The van der Waals surface area contributed by atoms with Crippen LogP contribution in [0.4, 0.5) is 16.2 Å². The molecule has 0 aromatic heterocycles. The Morgan fingerprint density at radius 1 is 1.35 bits per heavy atom. The van der Waals surface area contributed by atoms with Crippen LogP contribution in [0.5, 0.6) is 0 Å². The summed E-state index contributed by atoms with van der Waals surface area (Å²) in [5.74, 6) is -0.305. The number of rotatable bonds is 2. The van der Waals surface area contributed by atoms with E-state index in [1.807, 2.05) is 29.2 Å². The molecule has 1 aromatic rings. The zero-order chi connectivity index (χ0) is 14.5. The van der Waals surface area contributed by atoms with Gasteiger partial charge in [-0.05, 0) is 25.5 Å². The van der Waals surface area contributed by atoms with E-state index in [-0.39, 0.29) is 5.91 Å². The summed E-state index contributed by atoms with van der Waals surface area (Å²) in [5.41, 5.74) is 2.01. The highest BCUT2D eigenvalue weighted by Gasteiger charge is 2.25. The summed E-state index contributed by atoms with van der Waals surface area (Å²) in [6, 6.07) is 7.00. The van der Waals surface area contributed by atoms with E-state index in [0.29, 0.717) is 0 Å². The van der Waals surface area contributed by atoms with Crippen LogP contribution in [0.25, 0.3) is 0 Å². The molecule has 1 aliphatic heterocycles. The Hall–Kier alpha value is -2.24. The number of anilines is 2. The van der Waals surface area contributed by atoms with Gasteiger partial charge in [-0.2, -0.15) is 0 Å². The standard InChI is InChI=1S/C14H20N4O2/c1-10(13(19)17-14(20)15-2)18-9-5-8-16-11-6-3-4-7-12(11)18/h3-4,6-7,10,16H,5,8-9H2,1-2H3,(H2,15,17,19,20). The highest BCUT2D eigenvalue weighted by molar-refractivity contribution is 5.98. The lowest BCUT2D eigenvalue weighted by molar-refractivity contribution is -0.121. The van der Waals surface area contributed by atoms with Crippen molar-refractivity contribution in [3.8, 4) is 0 Å². The molecular formula is C14H20N4O2. The minimum Gasteiger partial charge on any atom is -0.383 e. The Morgan fingerprint density at radius 3 is 2.85 bits per heavy atom. The lowest BCUT2D eigenvalue weighted by Crippen LogP contribution is -2.49. The van der Waals surface area contributed by atoms with Crippen molar-refractivity contribution in [2.45, 2.75) is 19.4 Å². The molecule has 1 heterocycles. The van der Waals surface area contributed by atoms with E-state index < -0.39 is 12.1 Å². The molecule has 3 amide bonds. The zero-order valence-corrected chi connectivity index (χ0v) is 11.8. The first-order valence-electron chi connectivity index (χ1n) is 6.75. The van der Waals surface area contributed by atoms with Gasteiger partial charge in [0.2, 0.25) is 5.91 Å². The second-order valence-corrected chi connectivity index (χ2v) is 4.74. The van der Waals surface area contributed by atoms with Crippen LogP contribution in [0.1, 0.15) is 13.3 Å². The number of imide groups is 1. The largest absolute Gasteiger partial charge is 0.383 e. The number of urea groups is 1. The zero-order valence-electron chi connectivity index (χ0n) is 11.8. The van der Waals surface area contributed by atoms with Crippen molar-refractivity contribution in [2.24, 2.45) is 0 Å². The van der Waals surface area contributed by atoms with Crippen LogP contribution < -0.4 is 20.9 Å². The van der Waals surface area contributed by atoms with Crippen LogP contribution in [0.15, 0.2) is 24.3 Å². The third kappa shape index (κ3) is 3.01. The summed E-state index contributed by atoms with van der Waals surface area (Å²) in [6.45, 7) is 3.45. The van der Waals surface area contributed by atoms with E-state index >= 15 is 0 Å². The summed E-state index contributed by atoms with van der Waals surface area (Å²) in [7, 11) is 1.48. The highest BCUT2D eigenvalue weighted by atomic mass is 16.2. The van der Waals surface area contributed by atoms with E-state index in [4.69, 9.17) is 0 Å². The van der Waals surface area contributed by atoms with E-state index in [1.54, 1.807) is 6.92 Å². The summed E-state index contributed by atoms with van der Waals surface area (Å²) in [4.78, 5) is 25.4. The predicted octanol–water partition coefficient (Wildman–Crippen LogP) is 1.15. The normalized spacial score (nSPS) is 15.4. The fourth-order valence-corrected chi connectivity index (χ4v) is 2.29. The molecule has 6 nitrogen and oxygen atoms in total. The molecule has 2 rings (SSSR count). The summed E-state index contributed by atoms with van der Waals surface area (Å²) >= 11 is 0. The monoisotopic (exact) mass is 276 g/mol.